The van der Waals surface area contributed by atoms with Crippen molar-refractivity contribution in [1.82, 2.24) is 0 Å². The molecule has 0 fully saturated rings. The van der Waals surface area contributed by atoms with Gasteiger partial charge in [-0.3, -0.25) is 4.79 Å². The molecular weight excluding hydrogens is 171 g/mol. The molecule has 0 unspecified atom stereocenters. The van der Waals surface area contributed by atoms with Crippen LogP contribution >= 0.6 is 0 Å². The topological polar surface area (TPSA) is 17.1 Å². The van der Waals surface area contributed by atoms with Crippen LogP contribution in [0.15, 0.2) is 47.5 Å². The van der Waals surface area contributed by atoms with Crippen LogP contribution in [0.3, 0.4) is 0 Å². The summed E-state index contributed by atoms with van der Waals surface area (Å²) >= 11 is 0. The van der Waals surface area contributed by atoms with Gasteiger partial charge in [0.15, 0.2) is 5.78 Å². The molecule has 72 valence electrons. The molecule has 0 rings (SSSR count). The van der Waals surface area contributed by atoms with E-state index in [4.69, 9.17) is 7.85 Å². The van der Waals surface area contributed by atoms with Crippen LogP contribution in [-0.4, -0.2) is 13.6 Å². The summed E-state index contributed by atoms with van der Waals surface area (Å²) < 4.78 is 0. The zero-order valence-electron chi connectivity index (χ0n) is 9.05. The van der Waals surface area contributed by atoms with Crippen LogP contribution in [0.5, 0.6) is 0 Å². The Bertz CT molecular complexity index is 300. The molecular formula is C12H15BO. The molecule has 2 heteroatoms. The van der Waals surface area contributed by atoms with Gasteiger partial charge in [0, 0.05) is 0 Å². The maximum atomic E-state index is 10.8. The van der Waals surface area contributed by atoms with Crippen LogP contribution in [-0.2, 0) is 4.79 Å². The van der Waals surface area contributed by atoms with E-state index in [0.29, 0.717) is 5.47 Å². The second kappa shape index (κ2) is 5.43. The van der Waals surface area contributed by atoms with E-state index in [9.17, 15) is 4.79 Å². The first kappa shape index (κ1) is 12.7. The van der Waals surface area contributed by atoms with E-state index in [1.165, 1.54) is 6.92 Å². The fourth-order valence-corrected chi connectivity index (χ4v) is 1.07. The minimum atomic E-state index is 0.0167. The van der Waals surface area contributed by atoms with Gasteiger partial charge < -0.3 is 0 Å². The Hall–Kier alpha value is -1.31. The Morgan fingerprint density at radius 1 is 1.07 bits per heavy atom. The average Bonchev–Trinajstić information content (AvgIpc) is 2.00. The number of carbonyl (C=O) groups excluding carboxylic acids is 1. The van der Waals surface area contributed by atoms with Gasteiger partial charge in [-0.05, 0) is 43.6 Å². The van der Waals surface area contributed by atoms with Gasteiger partial charge >= 0.3 is 0 Å². The molecule has 0 atom stereocenters. The minimum absolute atomic E-state index is 0.0167. The first-order chi connectivity index (χ1) is 6.34. The Morgan fingerprint density at radius 3 is 1.86 bits per heavy atom. The summed E-state index contributed by atoms with van der Waals surface area (Å²) in [4.78, 5) is 10.8. The van der Waals surface area contributed by atoms with E-state index in [2.05, 4.69) is 13.2 Å². The Kier molecular flexibility index (Phi) is 4.92. The van der Waals surface area contributed by atoms with Gasteiger partial charge in [-0.1, -0.05) is 12.7 Å². The third kappa shape index (κ3) is 4.66. The molecule has 2 radical (unpaired) electrons. The summed E-state index contributed by atoms with van der Waals surface area (Å²) in [5.74, 6) is 0.0167. The van der Waals surface area contributed by atoms with Gasteiger partial charge in [-0.15, -0.1) is 12.1 Å². The second-order valence-electron chi connectivity index (χ2n) is 3.32. The highest BCUT2D eigenvalue weighted by Gasteiger charge is 2.00. The lowest BCUT2D eigenvalue weighted by atomic mass is 9.92. The predicted molar refractivity (Wildman–Crippen MR) is 62.2 cm³/mol. The summed E-state index contributed by atoms with van der Waals surface area (Å²) in [6.45, 7) is 12.7. The van der Waals surface area contributed by atoms with Crippen molar-refractivity contribution >= 4 is 13.6 Å². The molecule has 0 aliphatic rings. The van der Waals surface area contributed by atoms with Crippen molar-refractivity contribution in [3.63, 3.8) is 0 Å². The average molecular weight is 186 g/mol. The maximum absolute atomic E-state index is 10.8. The number of rotatable bonds is 4. The number of allylic oxidation sites excluding steroid dienone is 6. The summed E-state index contributed by atoms with van der Waals surface area (Å²) in [5, 5.41) is 0. The Morgan fingerprint density at radius 2 is 1.50 bits per heavy atom. The van der Waals surface area contributed by atoms with E-state index >= 15 is 0 Å². The van der Waals surface area contributed by atoms with Gasteiger partial charge in [-0.25, -0.2) is 0 Å². The van der Waals surface area contributed by atoms with Crippen molar-refractivity contribution in [3.05, 3.63) is 47.5 Å². The monoisotopic (exact) mass is 186 g/mol. The van der Waals surface area contributed by atoms with Crippen LogP contribution < -0.4 is 0 Å². The van der Waals surface area contributed by atoms with Gasteiger partial charge in [0.1, 0.15) is 7.85 Å². The Balaban J connectivity index is 4.80. The molecule has 0 aliphatic heterocycles. The molecule has 0 amide bonds. The fraction of sp³-hybridized carbons (Fsp3) is 0.250. The van der Waals surface area contributed by atoms with E-state index < -0.39 is 0 Å². The molecule has 1 nitrogen and oxygen atoms in total. The quantitative estimate of drug-likeness (QED) is 0.374. The van der Waals surface area contributed by atoms with Crippen LogP contribution in [0.4, 0.5) is 0 Å². The largest absolute Gasteiger partial charge is 0.295 e. The molecule has 0 saturated heterocycles. The molecule has 0 N–H and O–H groups in total. The lowest BCUT2D eigenvalue weighted by molar-refractivity contribution is -0.112. The number of hydrogen-bond donors (Lipinski definition) is 0. The normalized spacial score (nSPS) is 12.5. The highest BCUT2D eigenvalue weighted by atomic mass is 16.1. The Labute approximate surface area is 87.3 Å². The van der Waals surface area contributed by atoms with Crippen molar-refractivity contribution in [1.29, 1.82) is 0 Å². The smallest absolute Gasteiger partial charge is 0.152 e. The molecule has 0 aromatic carbocycles. The number of hydrogen-bond acceptors (Lipinski definition) is 1. The van der Waals surface area contributed by atoms with Crippen LogP contribution in [0.1, 0.15) is 20.8 Å². The van der Waals surface area contributed by atoms with Crippen molar-refractivity contribution < 1.29 is 4.79 Å². The standard InChI is InChI=1S/C12H15BO/c1-8(6-10(3)13)12(5)9(2)7-11(4)14/h6-7H,3,5H2,1-2,4H3/b8-6-,9-7-. The lowest BCUT2D eigenvalue weighted by Gasteiger charge is -2.06. The lowest BCUT2D eigenvalue weighted by Crippen LogP contribution is -1.91. The molecule has 0 aliphatic carbocycles. The van der Waals surface area contributed by atoms with Gasteiger partial charge in [0.25, 0.3) is 0 Å². The maximum Gasteiger partial charge on any atom is 0.152 e. The SMILES string of the molecule is [B]C(=C)/C=C(/C)C(=C)/C(C)=C\C(C)=O. The summed E-state index contributed by atoms with van der Waals surface area (Å²) in [6, 6.07) is 0. The molecule has 0 bridgehead atoms. The van der Waals surface area contributed by atoms with Crippen molar-refractivity contribution in [3.8, 4) is 0 Å². The third-order valence-electron chi connectivity index (χ3n) is 1.77. The minimum Gasteiger partial charge on any atom is -0.295 e. The zero-order chi connectivity index (χ0) is 11.3. The molecule has 14 heavy (non-hydrogen) atoms. The third-order valence-corrected chi connectivity index (χ3v) is 1.77. The van der Waals surface area contributed by atoms with Gasteiger partial charge in [-0.2, -0.15) is 0 Å². The van der Waals surface area contributed by atoms with Crippen LogP contribution in [0.2, 0.25) is 0 Å². The summed E-state index contributed by atoms with van der Waals surface area (Å²) in [6.07, 6.45) is 3.29. The first-order valence-electron chi connectivity index (χ1n) is 4.35. The van der Waals surface area contributed by atoms with Crippen molar-refractivity contribution in [2.24, 2.45) is 0 Å². The molecule has 0 spiro atoms. The fourth-order valence-electron chi connectivity index (χ4n) is 1.07. The molecule has 0 aromatic heterocycles. The number of carbonyl (C=O) groups is 1. The predicted octanol–water partition coefficient (Wildman–Crippen LogP) is 2.71. The zero-order valence-corrected chi connectivity index (χ0v) is 9.05. The van der Waals surface area contributed by atoms with E-state index in [0.717, 1.165) is 16.7 Å². The van der Waals surface area contributed by atoms with Crippen molar-refractivity contribution in [2.75, 3.05) is 0 Å². The number of ketones is 1. The van der Waals surface area contributed by atoms with Crippen LogP contribution in [0.25, 0.3) is 0 Å². The molecule has 0 heterocycles. The van der Waals surface area contributed by atoms with Crippen LogP contribution in [0, 0.1) is 0 Å². The van der Waals surface area contributed by atoms with Gasteiger partial charge in [0.2, 0.25) is 0 Å². The van der Waals surface area contributed by atoms with Crippen molar-refractivity contribution in [2.45, 2.75) is 20.8 Å². The second-order valence-corrected chi connectivity index (χ2v) is 3.32. The summed E-state index contributed by atoms with van der Waals surface area (Å²) in [7, 11) is 5.43. The van der Waals surface area contributed by atoms with E-state index in [1.807, 2.05) is 13.8 Å². The van der Waals surface area contributed by atoms with Gasteiger partial charge in [0.05, 0.1) is 0 Å². The highest BCUT2D eigenvalue weighted by Crippen LogP contribution is 2.17. The first-order valence-corrected chi connectivity index (χ1v) is 4.35. The summed E-state index contributed by atoms with van der Waals surface area (Å²) in [5.41, 5.74) is 3.08. The highest BCUT2D eigenvalue weighted by molar-refractivity contribution is 6.23. The van der Waals surface area contributed by atoms with E-state index in [1.54, 1.807) is 12.2 Å². The molecule has 0 aromatic rings. The molecule has 0 saturated carbocycles. The van der Waals surface area contributed by atoms with E-state index in [-0.39, 0.29) is 5.78 Å².